The van der Waals surface area contributed by atoms with Crippen LogP contribution in [0.2, 0.25) is 0 Å². The summed E-state index contributed by atoms with van der Waals surface area (Å²) >= 11 is 0. The molecule has 136 valence electrons. The molecule has 0 aliphatic carbocycles. The van der Waals surface area contributed by atoms with Gasteiger partial charge in [-0.3, -0.25) is 0 Å². The monoisotopic (exact) mass is 343 g/mol. The molecule has 2 nitrogen and oxygen atoms in total. The molecule has 1 N–H and O–H groups in total. The van der Waals surface area contributed by atoms with Gasteiger partial charge in [-0.2, -0.15) is 13.2 Å². The van der Waals surface area contributed by atoms with Crippen molar-refractivity contribution in [1.29, 1.82) is 0 Å². The molecule has 1 aromatic rings. The summed E-state index contributed by atoms with van der Waals surface area (Å²) in [6.07, 6.45) is -2.79. The molecule has 0 amide bonds. The molecule has 0 aromatic heterocycles. The molecule has 0 spiro atoms. The topological polar surface area (TPSA) is 32.6 Å². The molecule has 0 bridgehead atoms. The number of alkyl halides is 3. The molecular formula is C19H28F3NO. The number of aliphatic imine (C=N–C) groups is 1. The zero-order chi connectivity index (χ0) is 18.9. The van der Waals surface area contributed by atoms with Crippen LogP contribution >= 0.6 is 0 Å². The summed E-state index contributed by atoms with van der Waals surface area (Å²) < 4.78 is 38.9. The Balaban J connectivity index is 0.00000254. The highest BCUT2D eigenvalue weighted by Crippen LogP contribution is 2.29. The van der Waals surface area contributed by atoms with Crippen LogP contribution in [-0.4, -0.2) is 17.0 Å². The van der Waals surface area contributed by atoms with Crippen molar-refractivity contribution in [2.45, 2.75) is 60.7 Å². The van der Waals surface area contributed by atoms with Crippen molar-refractivity contribution in [3.8, 4) is 0 Å². The third-order valence-electron chi connectivity index (χ3n) is 3.63. The van der Waals surface area contributed by atoms with E-state index in [1.807, 2.05) is 34.6 Å². The molecule has 1 unspecified atom stereocenters. The highest BCUT2D eigenvalue weighted by Gasteiger charge is 2.34. The minimum atomic E-state index is -4.47. The van der Waals surface area contributed by atoms with Crippen molar-refractivity contribution in [1.82, 2.24) is 0 Å². The molecular weight excluding hydrogens is 315 g/mol. The molecule has 0 saturated heterocycles. The van der Waals surface area contributed by atoms with E-state index in [0.717, 1.165) is 17.2 Å². The molecule has 1 aromatic carbocycles. The van der Waals surface area contributed by atoms with Gasteiger partial charge in [0.05, 0.1) is 12.3 Å². The Bertz CT molecular complexity index is 574. The van der Waals surface area contributed by atoms with Crippen molar-refractivity contribution in [3.05, 3.63) is 46.7 Å². The van der Waals surface area contributed by atoms with Crippen LogP contribution in [0.25, 0.3) is 0 Å². The first-order valence-corrected chi connectivity index (χ1v) is 8.27. The van der Waals surface area contributed by atoms with Gasteiger partial charge >= 0.3 is 6.18 Å². The lowest BCUT2D eigenvalue weighted by Crippen LogP contribution is -2.18. The van der Waals surface area contributed by atoms with Crippen LogP contribution in [0.4, 0.5) is 13.2 Å². The van der Waals surface area contributed by atoms with Gasteiger partial charge in [0.1, 0.15) is 5.70 Å². The average molecular weight is 343 g/mol. The van der Waals surface area contributed by atoms with Gasteiger partial charge < -0.3 is 5.11 Å². The molecule has 0 fully saturated rings. The van der Waals surface area contributed by atoms with E-state index < -0.39 is 11.9 Å². The maximum atomic E-state index is 13.0. The fourth-order valence-corrected chi connectivity index (χ4v) is 2.16. The first-order valence-electron chi connectivity index (χ1n) is 8.27. The quantitative estimate of drug-likeness (QED) is 0.672. The standard InChI is InChI=1S/C17H22F3NO.C2H6/c1-5-11(3)16(21-15(6-2)17(18,19)20)14-8-7-13(10-22)9-12(14)4;1-2/h6-9,11,22H,5,10H2,1-4H3;1-2H3/b15-6-,21-16?;. The van der Waals surface area contributed by atoms with Crippen molar-refractivity contribution in [2.24, 2.45) is 10.9 Å². The zero-order valence-electron chi connectivity index (χ0n) is 15.3. The lowest BCUT2D eigenvalue weighted by atomic mass is 9.92. The predicted molar refractivity (Wildman–Crippen MR) is 94.3 cm³/mol. The van der Waals surface area contributed by atoms with Crippen LogP contribution in [-0.2, 0) is 6.61 Å². The Kier molecular flexibility index (Phi) is 9.59. The molecule has 0 heterocycles. The molecule has 0 radical (unpaired) electrons. The SMILES string of the molecule is C/C=C(\N=C(c1ccc(CO)cc1C)C(C)CC)C(F)(F)F.CC. The number of hydrogen-bond acceptors (Lipinski definition) is 2. The molecule has 0 aliphatic heterocycles. The van der Waals surface area contributed by atoms with Crippen LogP contribution < -0.4 is 0 Å². The van der Waals surface area contributed by atoms with Crippen LogP contribution in [0.5, 0.6) is 0 Å². The Morgan fingerprint density at radius 1 is 1.29 bits per heavy atom. The van der Waals surface area contributed by atoms with E-state index in [-0.39, 0.29) is 12.5 Å². The van der Waals surface area contributed by atoms with Crippen molar-refractivity contribution in [2.75, 3.05) is 0 Å². The first kappa shape index (κ1) is 22.4. The van der Waals surface area contributed by atoms with E-state index in [1.165, 1.54) is 6.92 Å². The predicted octanol–water partition coefficient (Wildman–Crippen LogP) is 5.81. The van der Waals surface area contributed by atoms with E-state index in [0.29, 0.717) is 17.7 Å². The van der Waals surface area contributed by atoms with E-state index in [1.54, 1.807) is 18.2 Å². The van der Waals surface area contributed by atoms with Gasteiger partial charge in [0.15, 0.2) is 0 Å². The highest BCUT2D eigenvalue weighted by molar-refractivity contribution is 6.03. The normalized spacial score (nSPS) is 14.1. The van der Waals surface area contributed by atoms with Gasteiger partial charge in [-0.05, 0) is 42.9 Å². The fraction of sp³-hybridized carbons (Fsp3) is 0.526. The van der Waals surface area contributed by atoms with Crippen LogP contribution in [0, 0.1) is 12.8 Å². The van der Waals surface area contributed by atoms with Crippen molar-refractivity contribution < 1.29 is 18.3 Å². The molecule has 0 aliphatic rings. The summed E-state index contributed by atoms with van der Waals surface area (Å²) in [4.78, 5) is 3.91. The van der Waals surface area contributed by atoms with Crippen molar-refractivity contribution >= 4 is 5.71 Å². The largest absolute Gasteiger partial charge is 0.433 e. The first-order chi connectivity index (χ1) is 11.2. The van der Waals surface area contributed by atoms with E-state index >= 15 is 0 Å². The summed E-state index contributed by atoms with van der Waals surface area (Å²) in [5, 5.41) is 9.15. The number of nitrogens with zero attached hydrogens (tertiary/aromatic N) is 1. The van der Waals surface area contributed by atoms with Gasteiger partial charge in [0.25, 0.3) is 0 Å². The van der Waals surface area contributed by atoms with E-state index in [2.05, 4.69) is 4.99 Å². The third-order valence-corrected chi connectivity index (χ3v) is 3.63. The lowest BCUT2D eigenvalue weighted by Gasteiger charge is -2.18. The number of hydrogen-bond donors (Lipinski definition) is 1. The second-order valence-corrected chi connectivity index (χ2v) is 5.29. The number of rotatable bonds is 5. The number of aryl methyl sites for hydroxylation is 1. The maximum absolute atomic E-state index is 13.0. The Morgan fingerprint density at radius 2 is 1.88 bits per heavy atom. The van der Waals surface area contributed by atoms with Crippen LogP contribution in [0.15, 0.2) is 35.0 Å². The zero-order valence-corrected chi connectivity index (χ0v) is 15.3. The fourth-order valence-electron chi connectivity index (χ4n) is 2.16. The number of allylic oxidation sites excluding steroid dienone is 2. The summed E-state index contributed by atoms with van der Waals surface area (Å²) in [6.45, 7) is 10.8. The van der Waals surface area contributed by atoms with Gasteiger partial charge in [-0.1, -0.05) is 52.0 Å². The number of aliphatic hydroxyl groups excluding tert-OH is 1. The summed E-state index contributed by atoms with van der Waals surface area (Å²) in [5.74, 6) is -0.101. The minimum absolute atomic E-state index is 0.0976. The second kappa shape index (κ2) is 10.3. The highest BCUT2D eigenvalue weighted by atomic mass is 19.4. The van der Waals surface area contributed by atoms with Gasteiger partial charge in [-0.15, -0.1) is 0 Å². The van der Waals surface area contributed by atoms with Crippen LogP contribution in [0.3, 0.4) is 0 Å². The van der Waals surface area contributed by atoms with E-state index in [4.69, 9.17) is 5.11 Å². The smallest absolute Gasteiger partial charge is 0.392 e. The Hall–Kier alpha value is -1.62. The molecule has 5 heteroatoms. The summed E-state index contributed by atoms with van der Waals surface area (Å²) in [7, 11) is 0. The molecule has 24 heavy (non-hydrogen) atoms. The van der Waals surface area contributed by atoms with Crippen LogP contribution in [0.1, 0.15) is 57.7 Å². The average Bonchev–Trinajstić information content (AvgIpc) is 2.56. The number of aliphatic hydroxyl groups is 1. The maximum Gasteiger partial charge on any atom is 0.433 e. The van der Waals surface area contributed by atoms with Gasteiger partial charge in [0, 0.05) is 0 Å². The van der Waals surface area contributed by atoms with Crippen molar-refractivity contribution in [3.63, 3.8) is 0 Å². The Labute approximate surface area is 143 Å². The summed E-state index contributed by atoms with van der Waals surface area (Å²) in [5.41, 5.74) is 1.77. The van der Waals surface area contributed by atoms with E-state index in [9.17, 15) is 13.2 Å². The number of halogens is 3. The molecule has 1 rings (SSSR count). The molecule has 0 saturated carbocycles. The minimum Gasteiger partial charge on any atom is -0.392 e. The van der Waals surface area contributed by atoms with Gasteiger partial charge in [0.2, 0.25) is 0 Å². The number of benzene rings is 1. The summed E-state index contributed by atoms with van der Waals surface area (Å²) in [6, 6.07) is 5.22. The third kappa shape index (κ3) is 6.11. The molecule has 1 atom stereocenters. The van der Waals surface area contributed by atoms with Gasteiger partial charge in [-0.25, -0.2) is 4.99 Å². The lowest BCUT2D eigenvalue weighted by molar-refractivity contribution is -0.0924. The Morgan fingerprint density at radius 3 is 2.25 bits per heavy atom. The second-order valence-electron chi connectivity index (χ2n) is 5.29.